The molecule has 0 spiro atoms. The van der Waals surface area contributed by atoms with Gasteiger partial charge in [-0.2, -0.15) is 0 Å². The molecule has 1 fully saturated rings. The van der Waals surface area contributed by atoms with Crippen molar-refractivity contribution in [1.29, 1.82) is 0 Å². The zero-order chi connectivity index (χ0) is 42.2. The number of phenols is 1. The van der Waals surface area contributed by atoms with E-state index in [9.17, 15) is 44.1 Å². The Kier molecular flexibility index (Phi) is 18.3. The normalized spacial score (nSPS) is 27.6. The van der Waals surface area contributed by atoms with Gasteiger partial charge in [-0.15, -0.1) is 0 Å². The number of cyclic esters (lactones) is 1. The quantitative estimate of drug-likeness (QED) is 0.109. The first kappa shape index (κ1) is 46.3. The second-order valence-corrected chi connectivity index (χ2v) is 15.0. The molecule has 7 N–H and O–H groups in total. The number of aromatic hydroxyl groups is 1. The van der Waals surface area contributed by atoms with E-state index in [1.165, 1.54) is 49.3 Å². The Morgan fingerprint density at radius 2 is 1.81 bits per heavy atom. The molecule has 15 heteroatoms. The summed E-state index contributed by atoms with van der Waals surface area (Å²) in [5.74, 6) is -5.68. The van der Waals surface area contributed by atoms with Crippen LogP contribution in [0.5, 0.6) is 5.75 Å². The van der Waals surface area contributed by atoms with Crippen molar-refractivity contribution >= 4 is 35.4 Å². The van der Waals surface area contributed by atoms with E-state index in [0.717, 1.165) is 0 Å². The summed E-state index contributed by atoms with van der Waals surface area (Å²) < 4.78 is 5.97. The third kappa shape index (κ3) is 14.4. The Morgan fingerprint density at radius 3 is 2.47 bits per heavy atom. The summed E-state index contributed by atoms with van der Waals surface area (Å²) in [5, 5.41) is 41.9. The minimum atomic E-state index is -1.42. The van der Waals surface area contributed by atoms with Crippen molar-refractivity contribution in [3.63, 3.8) is 0 Å². The van der Waals surface area contributed by atoms with Crippen LogP contribution in [0.15, 0.2) is 72.4 Å². The molecular weight excluding hydrogens is 734 g/mol. The summed E-state index contributed by atoms with van der Waals surface area (Å²) in [6.45, 7) is 8.30. The number of amides is 4. The molecule has 2 aliphatic rings. The number of Topliss-reactive ketones (excluding diaryl/α,β-unsaturated/α-hetero) is 1. The van der Waals surface area contributed by atoms with Crippen LogP contribution in [0.25, 0.3) is 0 Å². The molecule has 1 aromatic carbocycles. The lowest BCUT2D eigenvalue weighted by Crippen LogP contribution is -2.62. The van der Waals surface area contributed by atoms with Gasteiger partial charge >= 0.3 is 5.97 Å². The van der Waals surface area contributed by atoms with Gasteiger partial charge in [-0.3, -0.25) is 29.0 Å². The molecule has 8 atom stereocenters. The summed E-state index contributed by atoms with van der Waals surface area (Å²) in [7, 11) is 1.50. The predicted molar refractivity (Wildman–Crippen MR) is 213 cm³/mol. The zero-order valence-electron chi connectivity index (χ0n) is 33.6. The van der Waals surface area contributed by atoms with Crippen molar-refractivity contribution in [2.75, 3.05) is 13.6 Å². The number of ether oxygens (including phenoxy) is 1. The highest BCUT2D eigenvalue weighted by atomic mass is 16.5. The van der Waals surface area contributed by atoms with Crippen molar-refractivity contribution in [2.24, 2.45) is 17.8 Å². The van der Waals surface area contributed by atoms with Gasteiger partial charge in [0.15, 0.2) is 0 Å². The van der Waals surface area contributed by atoms with Gasteiger partial charge in [0, 0.05) is 44.8 Å². The number of esters is 1. The standard InChI is InChI=1S/C42H59N5O10/c1-25(2)37-40(54)44-33(24-29-14-11-15-30(49)23-29)41(55)47-22-12-16-32(46-47)42(56)57-35(26(3)13-10-19-36(51)43-6)18-9-7-8-17-34(50)28(5)38(52)31(39(53)45-37)21-20-27(4)48/h7-11,13-15,17,19,23,25,28,31-35,37-38,46,49-50,52H,12,16,18,20-22,24H2,1-6H3,(H,43,51)(H,44,54)(H,45,53)/t28-,31+,32?,33-,34-,35-,37-,38+/m0/s1. The molecule has 57 heavy (non-hydrogen) atoms. The van der Waals surface area contributed by atoms with E-state index >= 15 is 0 Å². The summed E-state index contributed by atoms with van der Waals surface area (Å²) in [4.78, 5) is 79.6. The fourth-order valence-corrected chi connectivity index (χ4v) is 6.52. The molecule has 1 unspecified atom stereocenters. The third-order valence-electron chi connectivity index (χ3n) is 10.1. The third-order valence-corrected chi connectivity index (χ3v) is 10.1. The Morgan fingerprint density at radius 1 is 1.07 bits per heavy atom. The molecule has 1 aromatic rings. The van der Waals surface area contributed by atoms with Gasteiger partial charge in [-0.25, -0.2) is 5.43 Å². The number of fused-ring (bicyclic) bond motifs is 2. The molecule has 0 saturated carbocycles. The van der Waals surface area contributed by atoms with Crippen LogP contribution < -0.4 is 21.4 Å². The number of rotatable bonds is 9. The van der Waals surface area contributed by atoms with Crippen LogP contribution in [0, 0.1) is 17.8 Å². The highest BCUT2D eigenvalue weighted by molar-refractivity contribution is 5.93. The number of aliphatic hydroxyl groups is 2. The maximum atomic E-state index is 14.3. The lowest BCUT2D eigenvalue weighted by atomic mass is 9.84. The molecule has 3 rings (SSSR count). The van der Waals surface area contributed by atoms with Crippen molar-refractivity contribution in [3.05, 3.63) is 77.9 Å². The lowest BCUT2D eigenvalue weighted by molar-refractivity contribution is -0.156. The first-order valence-electron chi connectivity index (χ1n) is 19.4. The average molecular weight is 794 g/mol. The first-order chi connectivity index (χ1) is 27.0. The second-order valence-electron chi connectivity index (χ2n) is 15.0. The number of ketones is 1. The van der Waals surface area contributed by atoms with Crippen LogP contribution >= 0.6 is 0 Å². The molecule has 15 nitrogen and oxygen atoms in total. The van der Waals surface area contributed by atoms with Crippen molar-refractivity contribution < 1.29 is 48.8 Å². The molecule has 2 heterocycles. The maximum Gasteiger partial charge on any atom is 0.325 e. The van der Waals surface area contributed by atoms with Gasteiger partial charge < -0.3 is 40.8 Å². The Balaban J connectivity index is 2.08. The minimum absolute atomic E-state index is 0.0272. The van der Waals surface area contributed by atoms with E-state index in [0.29, 0.717) is 24.0 Å². The van der Waals surface area contributed by atoms with Crippen LogP contribution in [0.1, 0.15) is 72.3 Å². The van der Waals surface area contributed by atoms with Gasteiger partial charge in [0.05, 0.1) is 18.1 Å². The highest BCUT2D eigenvalue weighted by Crippen LogP contribution is 2.24. The number of carbonyl (C=O) groups excluding carboxylic acids is 6. The van der Waals surface area contributed by atoms with E-state index < -0.39 is 77.9 Å². The Bertz CT molecular complexity index is 1700. The zero-order valence-corrected chi connectivity index (χ0v) is 33.6. The largest absolute Gasteiger partial charge is 0.508 e. The fraction of sp³-hybridized carbons (Fsp3) is 0.524. The van der Waals surface area contributed by atoms with Crippen LogP contribution in [0.2, 0.25) is 0 Å². The molecule has 0 aliphatic carbocycles. The smallest absolute Gasteiger partial charge is 0.325 e. The van der Waals surface area contributed by atoms with Crippen molar-refractivity contribution in [2.45, 2.75) is 110 Å². The first-order valence-corrected chi connectivity index (χ1v) is 19.4. The summed E-state index contributed by atoms with van der Waals surface area (Å²) >= 11 is 0. The topological polar surface area (TPSA) is 224 Å². The van der Waals surface area contributed by atoms with Crippen molar-refractivity contribution in [1.82, 2.24) is 26.4 Å². The lowest BCUT2D eigenvalue weighted by Gasteiger charge is -2.36. The Hall–Kier alpha value is -5.12. The molecule has 2 aliphatic heterocycles. The molecular formula is C42H59N5O10. The predicted octanol–water partition coefficient (Wildman–Crippen LogP) is 2.08. The summed E-state index contributed by atoms with van der Waals surface area (Å²) in [6.07, 6.45) is 8.34. The number of benzene rings is 1. The molecule has 1 saturated heterocycles. The van der Waals surface area contributed by atoms with Gasteiger partial charge in [0.2, 0.25) is 17.7 Å². The second kappa shape index (κ2) is 22.6. The Labute approximate surface area is 334 Å². The van der Waals surface area contributed by atoms with Crippen LogP contribution in [-0.2, 0) is 39.9 Å². The number of hydrogen-bond donors (Lipinski definition) is 7. The molecule has 0 radical (unpaired) electrons. The maximum absolute atomic E-state index is 14.3. The molecule has 4 amide bonds. The SMILES string of the molecule is CNC(=O)C=CC=C(C)[C@@H]1CC=CC=C[C@H](O)[C@H](C)[C@@H](O)[C@@H](CCC(C)=O)C(=O)N[C@@H](C(C)C)C(=O)N[C@@H](Cc2cccc(O)c2)C(=O)N2CCCC(N2)C(=O)O1. The number of nitrogens with zero attached hydrogens (tertiary/aromatic N) is 1. The van der Waals surface area contributed by atoms with Crippen LogP contribution in [0.4, 0.5) is 0 Å². The minimum Gasteiger partial charge on any atom is -0.508 e. The number of hydrogen-bond acceptors (Lipinski definition) is 11. The monoisotopic (exact) mass is 793 g/mol. The summed E-state index contributed by atoms with van der Waals surface area (Å²) in [6, 6.07) is 2.92. The van der Waals surface area contributed by atoms with E-state index in [-0.39, 0.29) is 49.7 Å². The van der Waals surface area contributed by atoms with E-state index in [4.69, 9.17) is 4.74 Å². The van der Waals surface area contributed by atoms with E-state index in [1.54, 1.807) is 64.1 Å². The van der Waals surface area contributed by atoms with Gasteiger partial charge in [-0.05, 0) is 62.3 Å². The number of likely N-dealkylation sites (N-methyl/N-ethyl adjacent to an activating group) is 1. The molecule has 312 valence electrons. The number of allylic oxidation sites excluding steroid dienone is 4. The molecule has 0 aromatic heterocycles. The van der Waals surface area contributed by atoms with Gasteiger partial charge in [0.25, 0.3) is 5.91 Å². The fourth-order valence-electron chi connectivity index (χ4n) is 6.52. The highest BCUT2D eigenvalue weighted by Gasteiger charge is 2.38. The van der Waals surface area contributed by atoms with Crippen molar-refractivity contribution in [3.8, 4) is 5.75 Å². The number of carbonyl (C=O) groups is 6. The number of aliphatic hydroxyl groups excluding tert-OH is 2. The van der Waals surface area contributed by atoms with Gasteiger partial charge in [-0.1, -0.05) is 69.4 Å². The number of nitrogens with one attached hydrogen (secondary N) is 4. The van der Waals surface area contributed by atoms with E-state index in [2.05, 4.69) is 21.4 Å². The van der Waals surface area contributed by atoms with Crippen LogP contribution in [-0.4, -0.2) is 106 Å². The molecule has 2 bridgehead atoms. The number of phenolic OH excluding ortho intramolecular Hbond substituents is 1. The van der Waals surface area contributed by atoms with Crippen LogP contribution in [0.3, 0.4) is 0 Å². The average Bonchev–Trinajstić information content (AvgIpc) is 3.17. The van der Waals surface area contributed by atoms with Gasteiger partial charge in [0.1, 0.15) is 35.8 Å². The van der Waals surface area contributed by atoms with E-state index in [1.807, 2.05) is 0 Å². The number of hydrazine groups is 1. The summed E-state index contributed by atoms with van der Waals surface area (Å²) in [5.41, 5.74) is 4.14.